The smallest absolute Gasteiger partial charge is 0.146 e. The lowest BCUT2D eigenvalue weighted by molar-refractivity contribution is 0.476. The first kappa shape index (κ1) is 16.0. The molecule has 1 nitrogen and oxygen atoms in total. The monoisotopic (exact) mass is 344 g/mol. The molecule has 2 aromatic carbocycles. The molecule has 0 unspecified atom stereocenters. The molecule has 2 rings (SSSR count). The minimum absolute atomic E-state index is 0.363. The molecule has 0 N–H and O–H groups in total. The van der Waals surface area contributed by atoms with Crippen molar-refractivity contribution < 1.29 is 9.13 Å². The van der Waals surface area contributed by atoms with Crippen molar-refractivity contribution in [2.45, 2.75) is 20.8 Å². The van der Waals surface area contributed by atoms with Gasteiger partial charge in [-0.1, -0.05) is 47.4 Å². The molecule has 0 spiro atoms. The fourth-order valence-corrected chi connectivity index (χ4v) is 2.00. The van der Waals surface area contributed by atoms with Crippen molar-refractivity contribution >= 4 is 27.5 Å². The summed E-state index contributed by atoms with van der Waals surface area (Å²) in [6.45, 7) is 5.94. The molecule has 0 aliphatic heterocycles. The summed E-state index contributed by atoms with van der Waals surface area (Å²) in [5.41, 5.74) is 1.03. The van der Waals surface area contributed by atoms with Crippen molar-refractivity contribution in [1.29, 1.82) is 0 Å². The zero-order valence-corrected chi connectivity index (χ0v) is 13.3. The molecule has 0 amide bonds. The van der Waals surface area contributed by atoms with Crippen molar-refractivity contribution in [3.63, 3.8) is 0 Å². The summed E-state index contributed by atoms with van der Waals surface area (Å²) in [4.78, 5) is 0. The van der Waals surface area contributed by atoms with E-state index in [1.807, 2.05) is 26.8 Å². The first-order valence-corrected chi connectivity index (χ1v) is 7.12. The Balaban J connectivity index is 0.000000861. The molecule has 0 aliphatic rings. The molecule has 19 heavy (non-hydrogen) atoms. The predicted octanol–water partition coefficient (Wildman–Crippen LogP) is 6.37. The molecule has 0 aliphatic carbocycles. The van der Waals surface area contributed by atoms with Crippen LogP contribution in [0.25, 0.3) is 0 Å². The van der Waals surface area contributed by atoms with Gasteiger partial charge in [0.15, 0.2) is 0 Å². The van der Waals surface area contributed by atoms with E-state index >= 15 is 0 Å². The van der Waals surface area contributed by atoms with Gasteiger partial charge in [-0.3, -0.25) is 0 Å². The maximum atomic E-state index is 13.2. The van der Waals surface area contributed by atoms with Crippen LogP contribution in [0.5, 0.6) is 11.5 Å². The highest BCUT2D eigenvalue weighted by molar-refractivity contribution is 9.10. The van der Waals surface area contributed by atoms with Gasteiger partial charge in [0.2, 0.25) is 0 Å². The van der Waals surface area contributed by atoms with Crippen molar-refractivity contribution in [2.75, 3.05) is 0 Å². The van der Waals surface area contributed by atoms with E-state index in [0.29, 0.717) is 21.0 Å². The summed E-state index contributed by atoms with van der Waals surface area (Å²) in [5.74, 6) is 0.562. The van der Waals surface area contributed by atoms with Gasteiger partial charge in [-0.05, 0) is 36.8 Å². The van der Waals surface area contributed by atoms with E-state index in [9.17, 15) is 4.39 Å². The molecular weight excluding hydrogens is 331 g/mol. The molecule has 4 heteroatoms. The maximum absolute atomic E-state index is 13.2. The second-order valence-corrected chi connectivity index (χ2v) is 4.96. The number of halogens is 3. The normalized spacial score (nSPS) is 9.58. The minimum Gasteiger partial charge on any atom is -0.456 e. The number of hydrogen-bond acceptors (Lipinski definition) is 1. The molecule has 0 bridgehead atoms. The number of ether oxygens (including phenoxy) is 1. The summed E-state index contributed by atoms with van der Waals surface area (Å²) >= 11 is 9.20. The fraction of sp³-hybridized carbons (Fsp3) is 0.200. The highest BCUT2D eigenvalue weighted by atomic mass is 79.9. The lowest BCUT2D eigenvalue weighted by atomic mass is 10.2. The van der Waals surface area contributed by atoms with Crippen LogP contribution in [-0.4, -0.2) is 0 Å². The minimum atomic E-state index is -0.363. The Labute approximate surface area is 126 Å². The molecule has 0 atom stereocenters. The van der Waals surface area contributed by atoms with Crippen molar-refractivity contribution in [1.82, 2.24) is 0 Å². The molecule has 0 aromatic heterocycles. The van der Waals surface area contributed by atoms with Crippen molar-refractivity contribution in [2.24, 2.45) is 0 Å². The van der Waals surface area contributed by atoms with Crippen LogP contribution in [-0.2, 0) is 0 Å². The van der Waals surface area contributed by atoms with E-state index < -0.39 is 0 Å². The number of hydrogen-bond donors (Lipinski definition) is 0. The van der Waals surface area contributed by atoms with Crippen LogP contribution >= 0.6 is 27.5 Å². The van der Waals surface area contributed by atoms with Crippen LogP contribution < -0.4 is 4.74 Å². The molecular formula is C15H15BrClFO. The van der Waals surface area contributed by atoms with Crippen LogP contribution in [0.3, 0.4) is 0 Å². The summed E-state index contributed by atoms with van der Waals surface area (Å²) in [6.07, 6.45) is 0. The van der Waals surface area contributed by atoms with Gasteiger partial charge in [-0.15, -0.1) is 0 Å². The summed E-state index contributed by atoms with van der Waals surface area (Å²) in [6, 6.07) is 9.80. The Kier molecular flexibility index (Phi) is 6.32. The lowest BCUT2D eigenvalue weighted by Crippen LogP contribution is -1.87. The first-order chi connectivity index (χ1) is 9.04. The van der Waals surface area contributed by atoms with Crippen LogP contribution in [0.1, 0.15) is 19.4 Å². The Morgan fingerprint density at radius 1 is 1.11 bits per heavy atom. The molecule has 0 radical (unpaired) electrons. The zero-order chi connectivity index (χ0) is 14.4. The van der Waals surface area contributed by atoms with Crippen LogP contribution in [0.15, 0.2) is 40.9 Å². The quantitative estimate of drug-likeness (QED) is 0.614. The van der Waals surface area contributed by atoms with Gasteiger partial charge in [0.25, 0.3) is 0 Å². The summed E-state index contributed by atoms with van der Waals surface area (Å²) in [7, 11) is 0. The second-order valence-electron chi connectivity index (χ2n) is 3.64. The van der Waals surface area contributed by atoms with E-state index in [2.05, 4.69) is 15.9 Å². The van der Waals surface area contributed by atoms with E-state index in [1.54, 1.807) is 18.2 Å². The van der Waals surface area contributed by atoms with Gasteiger partial charge in [0.1, 0.15) is 17.3 Å². The average Bonchev–Trinajstić information content (AvgIpc) is 2.35. The SMILES string of the molecule is CC.Cc1ccc(Cl)c(Oc2cc(F)cc(Br)c2)c1. The van der Waals surface area contributed by atoms with Gasteiger partial charge in [0, 0.05) is 10.5 Å². The van der Waals surface area contributed by atoms with Crippen molar-refractivity contribution in [3.8, 4) is 11.5 Å². The van der Waals surface area contributed by atoms with Gasteiger partial charge >= 0.3 is 0 Å². The Bertz CT molecular complexity index is 538. The molecule has 102 valence electrons. The Hall–Kier alpha value is -1.06. The topological polar surface area (TPSA) is 9.23 Å². The third-order valence-corrected chi connectivity index (χ3v) is 2.92. The standard InChI is InChI=1S/C13H9BrClFO.C2H6/c1-8-2-3-12(15)13(4-8)17-11-6-9(14)5-10(16)7-11;1-2/h2-7H,1H3;1-2H3. The highest BCUT2D eigenvalue weighted by Crippen LogP contribution is 2.31. The Morgan fingerprint density at radius 2 is 1.79 bits per heavy atom. The number of benzene rings is 2. The number of rotatable bonds is 2. The second kappa shape index (κ2) is 7.51. The van der Waals surface area contributed by atoms with Crippen LogP contribution in [0, 0.1) is 12.7 Å². The van der Waals surface area contributed by atoms with Gasteiger partial charge < -0.3 is 4.74 Å². The van der Waals surface area contributed by atoms with E-state index in [-0.39, 0.29) is 5.82 Å². The molecule has 2 aromatic rings. The summed E-state index contributed by atoms with van der Waals surface area (Å²) < 4.78 is 19.3. The molecule has 0 saturated carbocycles. The Morgan fingerprint density at radius 3 is 2.42 bits per heavy atom. The van der Waals surface area contributed by atoms with Gasteiger partial charge in [-0.25, -0.2) is 4.39 Å². The third kappa shape index (κ3) is 4.84. The van der Waals surface area contributed by atoms with Crippen LogP contribution in [0.2, 0.25) is 5.02 Å². The van der Waals surface area contributed by atoms with E-state index in [4.69, 9.17) is 16.3 Å². The third-order valence-electron chi connectivity index (χ3n) is 2.15. The van der Waals surface area contributed by atoms with E-state index in [1.165, 1.54) is 12.1 Å². The first-order valence-electron chi connectivity index (χ1n) is 5.95. The maximum Gasteiger partial charge on any atom is 0.146 e. The average molecular weight is 346 g/mol. The van der Waals surface area contributed by atoms with Gasteiger partial charge in [0.05, 0.1) is 5.02 Å². The fourth-order valence-electron chi connectivity index (χ4n) is 1.40. The highest BCUT2D eigenvalue weighted by Gasteiger charge is 2.05. The molecule has 0 fully saturated rings. The number of aryl methyl sites for hydroxylation is 1. The summed E-state index contributed by atoms with van der Waals surface area (Å²) in [5, 5.41) is 0.496. The van der Waals surface area contributed by atoms with Crippen molar-refractivity contribution in [3.05, 3.63) is 57.3 Å². The van der Waals surface area contributed by atoms with Gasteiger partial charge in [-0.2, -0.15) is 0 Å². The van der Waals surface area contributed by atoms with Crippen LogP contribution in [0.4, 0.5) is 4.39 Å². The van der Waals surface area contributed by atoms with E-state index in [0.717, 1.165) is 5.56 Å². The lowest BCUT2D eigenvalue weighted by Gasteiger charge is -2.08. The zero-order valence-electron chi connectivity index (χ0n) is 11.0. The molecule has 0 saturated heterocycles. The largest absolute Gasteiger partial charge is 0.456 e. The predicted molar refractivity (Wildman–Crippen MR) is 81.7 cm³/mol. The molecule has 0 heterocycles.